The van der Waals surface area contributed by atoms with E-state index in [-0.39, 0.29) is 28.1 Å². The highest BCUT2D eigenvalue weighted by molar-refractivity contribution is 7.91. The molecule has 0 fully saturated rings. The summed E-state index contributed by atoms with van der Waals surface area (Å²) in [4.78, 5) is 0. The van der Waals surface area contributed by atoms with Gasteiger partial charge in [-0.05, 0) is 62.3 Å². The van der Waals surface area contributed by atoms with E-state index in [1.807, 2.05) is 0 Å². The molecule has 0 saturated heterocycles. The first-order valence-electron chi connectivity index (χ1n) is 5.86. The van der Waals surface area contributed by atoms with Gasteiger partial charge in [0.1, 0.15) is 0 Å². The second kappa shape index (κ2) is 5.25. The third-order valence-electron chi connectivity index (χ3n) is 1.22. The van der Waals surface area contributed by atoms with Crippen molar-refractivity contribution in [1.29, 1.82) is 0 Å². The van der Waals surface area contributed by atoms with E-state index in [0.29, 0.717) is 0 Å². The Balaban J connectivity index is 4.53. The molecule has 0 aromatic heterocycles. The van der Waals surface area contributed by atoms with Gasteiger partial charge >= 0.3 is 0 Å². The van der Waals surface area contributed by atoms with Gasteiger partial charge in [0.25, 0.3) is 11.5 Å². The zero-order valence-corrected chi connectivity index (χ0v) is 13.2. The van der Waals surface area contributed by atoms with Gasteiger partial charge in [0.05, 0.1) is 16.6 Å². The third-order valence-corrected chi connectivity index (χ3v) is 3.67. The minimum atomic E-state index is -0.183. The fraction of sp³-hybridized carbons (Fsp3) is 1.00. The third kappa shape index (κ3) is 10.7. The Hall–Kier alpha value is 0.230. The van der Waals surface area contributed by atoms with E-state index < -0.39 is 0 Å². The lowest BCUT2D eigenvalue weighted by atomic mass is 10.1. The molecule has 0 heterocycles. The van der Waals surface area contributed by atoms with Crippen LogP contribution in [0.1, 0.15) is 62.3 Å². The Labute approximate surface area is 105 Å². The van der Waals surface area contributed by atoms with E-state index in [4.69, 9.17) is 0 Å². The average molecular weight is 248 g/mol. The molecule has 0 radical (unpaired) electrons. The average Bonchev–Trinajstić information content (AvgIpc) is 1.70. The van der Waals surface area contributed by atoms with Crippen LogP contribution in [-0.2, 0) is 11.5 Å². The highest BCUT2D eigenvalue weighted by Gasteiger charge is 2.35. The highest BCUT2D eigenvalue weighted by Crippen LogP contribution is 2.09. The Kier molecular flexibility index (Phi) is 5.33. The van der Waals surface area contributed by atoms with Crippen LogP contribution in [0.25, 0.3) is 0 Å². The molecular formula is C12H30N3S+. The summed E-state index contributed by atoms with van der Waals surface area (Å²) < 4.78 is 10.7. The normalized spacial score (nSPS) is 14.6. The molecule has 0 aliphatic rings. The van der Waals surface area contributed by atoms with Crippen LogP contribution in [0.2, 0.25) is 0 Å². The summed E-state index contributed by atoms with van der Waals surface area (Å²) in [6.45, 7) is 19.6. The first-order chi connectivity index (χ1) is 6.79. The van der Waals surface area contributed by atoms with Gasteiger partial charge in [0, 0.05) is 0 Å². The smallest absolute Gasteiger partial charge is 0.0954 e. The molecule has 0 spiro atoms. The molecule has 0 aliphatic heterocycles. The summed E-state index contributed by atoms with van der Waals surface area (Å²) in [7, 11) is 0. The van der Waals surface area contributed by atoms with Crippen LogP contribution in [0, 0.1) is 0 Å². The monoisotopic (exact) mass is 248 g/mol. The second-order valence-corrected chi connectivity index (χ2v) is 8.59. The SMILES string of the molecule is CC(C)(C)N[S+](NC(C)(C)C)NC(C)(C)C. The molecule has 0 saturated carbocycles. The van der Waals surface area contributed by atoms with Crippen molar-refractivity contribution in [2.24, 2.45) is 0 Å². The van der Waals surface area contributed by atoms with Crippen molar-refractivity contribution in [2.45, 2.75) is 78.9 Å². The zero-order valence-electron chi connectivity index (χ0n) is 12.4. The van der Waals surface area contributed by atoms with Crippen molar-refractivity contribution in [1.82, 2.24) is 14.2 Å². The molecule has 0 aliphatic carbocycles. The standard InChI is InChI=1S/C12H30N3S/c1-10(2,3)13-16(14-11(4,5)6)15-12(7,8)9/h13-15H,1-9H3/q+1. The van der Waals surface area contributed by atoms with E-state index >= 15 is 0 Å². The van der Waals surface area contributed by atoms with Gasteiger partial charge in [-0.25, -0.2) is 0 Å². The predicted octanol–water partition coefficient (Wildman–Crippen LogP) is 2.51. The molecule has 4 heteroatoms. The summed E-state index contributed by atoms with van der Waals surface area (Å²) in [5.74, 6) is 0. The summed E-state index contributed by atoms with van der Waals surface area (Å²) in [5, 5.41) is 0. The molecule has 3 N–H and O–H groups in total. The van der Waals surface area contributed by atoms with Crippen LogP contribution in [0.5, 0.6) is 0 Å². The first-order valence-corrected chi connectivity index (χ1v) is 7.09. The van der Waals surface area contributed by atoms with Crippen LogP contribution < -0.4 is 14.2 Å². The number of hydrogen-bond donors (Lipinski definition) is 3. The Morgan fingerprint density at radius 2 is 0.688 bits per heavy atom. The van der Waals surface area contributed by atoms with E-state index in [1.165, 1.54) is 0 Å². The largest absolute Gasteiger partial charge is 0.261 e. The van der Waals surface area contributed by atoms with Crippen molar-refractivity contribution >= 4 is 11.5 Å². The Morgan fingerprint density at radius 3 is 0.812 bits per heavy atom. The lowest BCUT2D eigenvalue weighted by Gasteiger charge is -2.28. The molecule has 0 aromatic rings. The number of hydrogen-bond acceptors (Lipinski definition) is 3. The van der Waals surface area contributed by atoms with Crippen LogP contribution in [0.3, 0.4) is 0 Å². The molecule has 3 nitrogen and oxygen atoms in total. The summed E-state index contributed by atoms with van der Waals surface area (Å²) in [6, 6.07) is 0. The van der Waals surface area contributed by atoms with Crippen LogP contribution >= 0.6 is 0 Å². The van der Waals surface area contributed by atoms with E-state index in [2.05, 4.69) is 76.5 Å². The molecule has 0 atom stereocenters. The maximum absolute atomic E-state index is 3.57. The van der Waals surface area contributed by atoms with Crippen LogP contribution in [-0.4, -0.2) is 16.6 Å². The van der Waals surface area contributed by atoms with Crippen LogP contribution in [0.4, 0.5) is 0 Å². The zero-order chi connectivity index (χ0) is 13.2. The quantitative estimate of drug-likeness (QED) is 0.672. The Bertz CT molecular complexity index is 170. The number of rotatable bonds is 3. The van der Waals surface area contributed by atoms with Crippen molar-refractivity contribution < 1.29 is 0 Å². The lowest BCUT2D eigenvalue weighted by Crippen LogP contribution is -2.61. The summed E-state index contributed by atoms with van der Waals surface area (Å²) in [6.07, 6.45) is 0. The molecule has 16 heavy (non-hydrogen) atoms. The molecule has 0 bridgehead atoms. The second-order valence-electron chi connectivity index (χ2n) is 7.36. The van der Waals surface area contributed by atoms with Gasteiger partial charge in [0.2, 0.25) is 0 Å². The fourth-order valence-corrected chi connectivity index (χ4v) is 2.99. The van der Waals surface area contributed by atoms with E-state index in [9.17, 15) is 0 Å². The van der Waals surface area contributed by atoms with Crippen molar-refractivity contribution in [3.8, 4) is 0 Å². The molecular weight excluding hydrogens is 218 g/mol. The minimum Gasteiger partial charge on any atom is -0.0954 e. The first kappa shape index (κ1) is 16.2. The molecule has 0 rings (SSSR count). The molecule has 0 amide bonds. The minimum absolute atomic E-state index is 0.0968. The van der Waals surface area contributed by atoms with Crippen molar-refractivity contribution in [2.75, 3.05) is 0 Å². The van der Waals surface area contributed by atoms with E-state index in [1.54, 1.807) is 0 Å². The molecule has 98 valence electrons. The van der Waals surface area contributed by atoms with Crippen LogP contribution in [0.15, 0.2) is 0 Å². The Morgan fingerprint density at radius 1 is 0.500 bits per heavy atom. The van der Waals surface area contributed by atoms with E-state index in [0.717, 1.165) is 0 Å². The number of nitrogens with one attached hydrogen (secondary N) is 3. The van der Waals surface area contributed by atoms with Crippen molar-refractivity contribution in [3.63, 3.8) is 0 Å². The lowest BCUT2D eigenvalue weighted by molar-refractivity contribution is 0.471. The molecule has 0 aromatic carbocycles. The summed E-state index contributed by atoms with van der Waals surface area (Å²) >= 11 is -0.183. The maximum atomic E-state index is 3.57. The van der Waals surface area contributed by atoms with Gasteiger partial charge in [-0.1, -0.05) is 14.2 Å². The highest BCUT2D eigenvalue weighted by atomic mass is 32.2. The topological polar surface area (TPSA) is 36.1 Å². The van der Waals surface area contributed by atoms with Gasteiger partial charge in [-0.15, -0.1) is 0 Å². The maximum Gasteiger partial charge on any atom is 0.261 e. The van der Waals surface area contributed by atoms with Gasteiger partial charge in [0.15, 0.2) is 0 Å². The predicted molar refractivity (Wildman–Crippen MR) is 76.0 cm³/mol. The van der Waals surface area contributed by atoms with Gasteiger partial charge in [-0.2, -0.15) is 0 Å². The summed E-state index contributed by atoms with van der Waals surface area (Å²) in [5.41, 5.74) is 0.291. The van der Waals surface area contributed by atoms with Gasteiger partial charge in [-0.3, -0.25) is 0 Å². The van der Waals surface area contributed by atoms with Gasteiger partial charge < -0.3 is 0 Å². The molecule has 0 unspecified atom stereocenters. The van der Waals surface area contributed by atoms with Crippen molar-refractivity contribution in [3.05, 3.63) is 0 Å². The fourth-order valence-electron chi connectivity index (χ4n) is 0.995.